The van der Waals surface area contributed by atoms with Gasteiger partial charge in [0.15, 0.2) is 0 Å². The molecule has 0 amide bonds. The number of rotatable bonds is 3. The first kappa shape index (κ1) is 15.3. The molecule has 1 rings (SSSR count). The number of aryl methyl sites for hydroxylation is 1. The van der Waals surface area contributed by atoms with Gasteiger partial charge in [0, 0.05) is 0 Å². The summed E-state index contributed by atoms with van der Waals surface area (Å²) < 4.78 is 36.8. The fourth-order valence-corrected chi connectivity index (χ4v) is 1.37. The second-order valence-electron chi connectivity index (χ2n) is 3.51. The predicted octanol–water partition coefficient (Wildman–Crippen LogP) is 3.62. The van der Waals surface area contributed by atoms with Crippen LogP contribution in [0.5, 0.6) is 0 Å². The highest BCUT2D eigenvalue weighted by Crippen LogP contribution is 2.30. The van der Waals surface area contributed by atoms with Crippen molar-refractivity contribution in [1.82, 2.24) is 0 Å². The first-order valence-corrected chi connectivity index (χ1v) is 4.86. The third kappa shape index (κ3) is 4.02. The van der Waals surface area contributed by atoms with Gasteiger partial charge in [-0.15, -0.1) is 12.4 Å². The highest BCUT2D eigenvalue weighted by molar-refractivity contribution is 5.85. The summed E-state index contributed by atoms with van der Waals surface area (Å²) in [7, 11) is 0. The maximum atomic E-state index is 12.3. The number of benzene rings is 1. The van der Waals surface area contributed by atoms with Gasteiger partial charge in [0.1, 0.15) is 6.04 Å². The predicted molar refractivity (Wildman–Crippen MR) is 60.7 cm³/mol. The summed E-state index contributed by atoms with van der Waals surface area (Å²) in [6, 6.07) is 4.41. The smallest absolute Gasteiger partial charge is 0.316 e. The molecule has 0 radical (unpaired) electrons. The van der Waals surface area contributed by atoms with E-state index < -0.39 is 12.2 Å². The number of hydrogen-bond acceptors (Lipinski definition) is 1. The molecule has 0 bridgehead atoms. The molecule has 1 aromatic carbocycles. The van der Waals surface area contributed by atoms with E-state index in [9.17, 15) is 13.2 Å². The first-order valence-electron chi connectivity index (χ1n) is 4.86. The van der Waals surface area contributed by atoms with E-state index in [1.165, 1.54) is 12.1 Å². The summed E-state index contributed by atoms with van der Waals surface area (Å²) >= 11 is 0. The van der Waals surface area contributed by atoms with Crippen molar-refractivity contribution in [2.24, 2.45) is 5.73 Å². The zero-order chi connectivity index (χ0) is 11.5. The van der Waals surface area contributed by atoms with Crippen LogP contribution in [0.25, 0.3) is 0 Å². The number of halogens is 4. The largest absolute Gasteiger partial charge is 0.407 e. The van der Waals surface area contributed by atoms with Crippen LogP contribution >= 0.6 is 12.4 Å². The van der Waals surface area contributed by atoms with Crippen LogP contribution in [0.15, 0.2) is 24.3 Å². The Labute approximate surface area is 99.2 Å². The molecule has 2 N–H and O–H groups in total. The minimum atomic E-state index is -4.37. The monoisotopic (exact) mass is 253 g/mol. The van der Waals surface area contributed by atoms with Crippen molar-refractivity contribution in [3.8, 4) is 0 Å². The van der Waals surface area contributed by atoms with E-state index in [4.69, 9.17) is 5.73 Å². The second-order valence-corrected chi connectivity index (χ2v) is 3.51. The summed E-state index contributed by atoms with van der Waals surface area (Å²) in [4.78, 5) is 0. The van der Waals surface area contributed by atoms with Crippen molar-refractivity contribution < 1.29 is 13.2 Å². The van der Waals surface area contributed by atoms with E-state index >= 15 is 0 Å². The molecular formula is C11H15ClF3N. The molecule has 92 valence electrons. The average molecular weight is 254 g/mol. The topological polar surface area (TPSA) is 26.0 Å². The van der Waals surface area contributed by atoms with Crippen LogP contribution in [-0.4, -0.2) is 6.18 Å². The highest BCUT2D eigenvalue weighted by Gasteiger charge is 2.37. The zero-order valence-corrected chi connectivity index (χ0v) is 9.74. The Morgan fingerprint density at radius 2 is 1.69 bits per heavy atom. The fraction of sp³-hybridized carbons (Fsp3) is 0.455. The molecule has 16 heavy (non-hydrogen) atoms. The maximum Gasteiger partial charge on any atom is 0.407 e. The Balaban J connectivity index is 0.00000225. The van der Waals surface area contributed by atoms with Crippen molar-refractivity contribution in [3.63, 3.8) is 0 Å². The molecule has 0 unspecified atom stereocenters. The lowest BCUT2D eigenvalue weighted by molar-refractivity contribution is -0.149. The van der Waals surface area contributed by atoms with E-state index in [1.54, 1.807) is 12.1 Å². The quantitative estimate of drug-likeness (QED) is 0.875. The minimum Gasteiger partial charge on any atom is -0.316 e. The van der Waals surface area contributed by atoms with Crippen LogP contribution < -0.4 is 5.73 Å². The molecule has 0 aliphatic carbocycles. The molecule has 1 nitrogen and oxygen atoms in total. The van der Waals surface area contributed by atoms with Crippen molar-refractivity contribution in [2.75, 3.05) is 0 Å². The van der Waals surface area contributed by atoms with Crippen molar-refractivity contribution in [2.45, 2.75) is 32.0 Å². The summed E-state index contributed by atoms with van der Waals surface area (Å²) in [6.07, 6.45) is -2.52. The summed E-state index contributed by atoms with van der Waals surface area (Å²) in [5, 5.41) is 0. The van der Waals surface area contributed by atoms with Gasteiger partial charge in [-0.3, -0.25) is 0 Å². The lowest BCUT2D eigenvalue weighted by Crippen LogP contribution is -2.28. The van der Waals surface area contributed by atoms with Gasteiger partial charge in [-0.05, 0) is 17.5 Å². The molecule has 0 saturated heterocycles. The highest BCUT2D eigenvalue weighted by atomic mass is 35.5. The van der Waals surface area contributed by atoms with Crippen LogP contribution in [-0.2, 0) is 6.42 Å². The third-order valence-electron chi connectivity index (χ3n) is 2.23. The standard InChI is InChI=1S/C11H14F3N.ClH/c1-2-3-8-4-6-9(7-5-8)10(15)11(12,13)14;/h4-7,10H,2-3,15H2,1H3;1H/t10-;/m0./s1. The SMILES string of the molecule is CCCc1ccc([C@H](N)C(F)(F)F)cc1.Cl. The van der Waals surface area contributed by atoms with E-state index in [0.717, 1.165) is 18.4 Å². The summed E-state index contributed by atoms with van der Waals surface area (Å²) in [6.45, 7) is 2.02. The Hall–Kier alpha value is -0.740. The molecule has 0 saturated carbocycles. The number of nitrogens with two attached hydrogens (primary N) is 1. The Morgan fingerprint density at radius 1 is 1.19 bits per heavy atom. The second kappa shape index (κ2) is 6.11. The fourth-order valence-electron chi connectivity index (χ4n) is 1.37. The van der Waals surface area contributed by atoms with Crippen LogP contribution in [0.3, 0.4) is 0 Å². The van der Waals surface area contributed by atoms with Gasteiger partial charge in [0.05, 0.1) is 0 Å². The first-order chi connectivity index (χ1) is 6.95. The van der Waals surface area contributed by atoms with Gasteiger partial charge in [-0.2, -0.15) is 13.2 Å². The van der Waals surface area contributed by atoms with Gasteiger partial charge in [0.2, 0.25) is 0 Å². The Kier molecular flexibility index (Phi) is 5.83. The van der Waals surface area contributed by atoms with Gasteiger partial charge < -0.3 is 5.73 Å². The normalized spacial score (nSPS) is 13.1. The van der Waals surface area contributed by atoms with Crippen LogP contribution in [0, 0.1) is 0 Å². The Bertz CT molecular complexity index is 308. The van der Waals surface area contributed by atoms with E-state index in [-0.39, 0.29) is 18.0 Å². The number of alkyl halides is 3. The lowest BCUT2D eigenvalue weighted by Gasteiger charge is -2.15. The van der Waals surface area contributed by atoms with E-state index in [2.05, 4.69) is 0 Å². The molecule has 5 heteroatoms. The van der Waals surface area contributed by atoms with Crippen molar-refractivity contribution in [3.05, 3.63) is 35.4 Å². The van der Waals surface area contributed by atoms with Gasteiger partial charge >= 0.3 is 6.18 Å². The molecule has 0 fully saturated rings. The van der Waals surface area contributed by atoms with Gasteiger partial charge in [0.25, 0.3) is 0 Å². The molecule has 0 aromatic heterocycles. The van der Waals surface area contributed by atoms with E-state index in [0.29, 0.717) is 0 Å². The Morgan fingerprint density at radius 3 is 2.06 bits per heavy atom. The molecule has 0 aliphatic rings. The maximum absolute atomic E-state index is 12.3. The van der Waals surface area contributed by atoms with Crippen molar-refractivity contribution in [1.29, 1.82) is 0 Å². The van der Waals surface area contributed by atoms with Gasteiger partial charge in [-0.1, -0.05) is 37.6 Å². The minimum absolute atomic E-state index is 0. The zero-order valence-electron chi connectivity index (χ0n) is 8.92. The third-order valence-corrected chi connectivity index (χ3v) is 2.23. The molecule has 0 aliphatic heterocycles. The van der Waals surface area contributed by atoms with Crippen LogP contribution in [0.1, 0.15) is 30.5 Å². The number of hydrogen-bond donors (Lipinski definition) is 1. The van der Waals surface area contributed by atoms with Gasteiger partial charge in [-0.25, -0.2) is 0 Å². The molecule has 1 atom stereocenters. The molecular weight excluding hydrogens is 239 g/mol. The summed E-state index contributed by atoms with van der Waals surface area (Å²) in [5.74, 6) is 0. The lowest BCUT2D eigenvalue weighted by atomic mass is 10.0. The van der Waals surface area contributed by atoms with Crippen LogP contribution in [0.2, 0.25) is 0 Å². The molecule has 1 aromatic rings. The summed E-state index contributed by atoms with van der Waals surface area (Å²) in [5.41, 5.74) is 6.22. The van der Waals surface area contributed by atoms with Crippen LogP contribution in [0.4, 0.5) is 13.2 Å². The van der Waals surface area contributed by atoms with E-state index in [1.807, 2.05) is 6.92 Å². The molecule has 0 spiro atoms. The average Bonchev–Trinajstić information content (AvgIpc) is 2.17. The molecule has 0 heterocycles. The van der Waals surface area contributed by atoms with Crippen molar-refractivity contribution >= 4 is 12.4 Å².